The Labute approximate surface area is 94.3 Å². The fraction of sp³-hybridized carbons (Fsp3) is 0.333. The third-order valence-electron chi connectivity index (χ3n) is 2.52. The Morgan fingerprint density at radius 3 is 3.06 bits per heavy atom. The van der Waals surface area contributed by atoms with Gasteiger partial charge < -0.3 is 4.74 Å². The second-order valence-electron chi connectivity index (χ2n) is 3.55. The van der Waals surface area contributed by atoms with Crippen LogP contribution in [0, 0.1) is 0 Å². The van der Waals surface area contributed by atoms with Gasteiger partial charge in [-0.3, -0.25) is 0 Å². The Morgan fingerprint density at radius 2 is 2.25 bits per heavy atom. The van der Waals surface area contributed by atoms with E-state index in [-0.39, 0.29) is 0 Å². The van der Waals surface area contributed by atoms with Gasteiger partial charge in [0.05, 0.1) is 12.3 Å². The number of hydrogen-bond donors (Lipinski definition) is 1. The van der Waals surface area contributed by atoms with Gasteiger partial charge >= 0.3 is 6.09 Å². The number of carbonyl (C=O) groups excluding carboxylic acids is 1. The molecule has 0 aliphatic heterocycles. The Hall–Kier alpha value is -1.84. The minimum atomic E-state index is -0.501. The van der Waals surface area contributed by atoms with Gasteiger partial charge in [0.1, 0.15) is 0 Å². The van der Waals surface area contributed by atoms with Gasteiger partial charge in [-0.25, -0.2) is 10.2 Å². The highest BCUT2D eigenvalue weighted by Crippen LogP contribution is 2.21. The molecule has 2 rings (SSSR count). The van der Waals surface area contributed by atoms with Gasteiger partial charge in [0.2, 0.25) is 0 Å². The van der Waals surface area contributed by atoms with Crippen LogP contribution in [0.4, 0.5) is 4.79 Å². The minimum absolute atomic E-state index is 0.354. The van der Waals surface area contributed by atoms with Gasteiger partial charge in [-0.1, -0.05) is 24.3 Å². The average Bonchev–Trinajstić information content (AvgIpc) is 2.70. The molecule has 0 fully saturated rings. The van der Waals surface area contributed by atoms with E-state index in [1.54, 1.807) is 6.92 Å². The van der Waals surface area contributed by atoms with Crippen molar-refractivity contribution in [1.82, 2.24) is 5.43 Å². The van der Waals surface area contributed by atoms with Crippen LogP contribution in [0.5, 0.6) is 0 Å². The molecular formula is C12H14N2O2. The van der Waals surface area contributed by atoms with Crippen LogP contribution in [0.2, 0.25) is 0 Å². The number of carbonyl (C=O) groups is 1. The third-order valence-corrected chi connectivity index (χ3v) is 2.52. The molecular weight excluding hydrogens is 204 g/mol. The van der Waals surface area contributed by atoms with Crippen molar-refractivity contribution in [2.75, 3.05) is 6.61 Å². The van der Waals surface area contributed by atoms with E-state index < -0.39 is 6.09 Å². The predicted octanol–water partition coefficient (Wildman–Crippen LogP) is 2.08. The van der Waals surface area contributed by atoms with Gasteiger partial charge in [0, 0.05) is 5.56 Å². The van der Waals surface area contributed by atoms with Crippen LogP contribution in [-0.4, -0.2) is 18.4 Å². The van der Waals surface area contributed by atoms with Crippen molar-refractivity contribution in [3.63, 3.8) is 0 Å². The molecule has 0 saturated carbocycles. The largest absolute Gasteiger partial charge is 0.449 e. The van der Waals surface area contributed by atoms with E-state index in [2.05, 4.69) is 16.6 Å². The zero-order valence-corrected chi connectivity index (χ0v) is 9.19. The monoisotopic (exact) mass is 218 g/mol. The molecule has 0 bridgehead atoms. The number of amides is 1. The zero-order chi connectivity index (χ0) is 11.4. The summed E-state index contributed by atoms with van der Waals surface area (Å²) in [5, 5.41) is 4.08. The number of ether oxygens (including phenoxy) is 1. The summed E-state index contributed by atoms with van der Waals surface area (Å²) >= 11 is 0. The fourth-order valence-corrected chi connectivity index (χ4v) is 1.80. The molecule has 84 valence electrons. The first kappa shape index (κ1) is 10.7. The smallest absolute Gasteiger partial charge is 0.427 e. The average molecular weight is 218 g/mol. The lowest BCUT2D eigenvalue weighted by Gasteiger charge is -2.02. The molecule has 16 heavy (non-hydrogen) atoms. The summed E-state index contributed by atoms with van der Waals surface area (Å²) in [6.45, 7) is 2.12. The summed E-state index contributed by atoms with van der Waals surface area (Å²) in [5.74, 6) is 0. The van der Waals surface area contributed by atoms with Gasteiger partial charge in [-0.05, 0) is 25.3 Å². The number of nitrogens with zero attached hydrogens (tertiary/aromatic N) is 1. The molecule has 0 spiro atoms. The molecule has 0 atom stereocenters. The van der Waals surface area contributed by atoms with Crippen LogP contribution in [0.25, 0.3) is 0 Å². The summed E-state index contributed by atoms with van der Waals surface area (Å²) in [7, 11) is 0. The molecule has 1 aliphatic rings. The first-order valence-corrected chi connectivity index (χ1v) is 5.39. The first-order valence-electron chi connectivity index (χ1n) is 5.39. The number of aryl methyl sites for hydroxylation is 1. The van der Waals surface area contributed by atoms with Crippen LogP contribution < -0.4 is 5.43 Å². The summed E-state index contributed by atoms with van der Waals surface area (Å²) in [4.78, 5) is 11.1. The quantitative estimate of drug-likeness (QED) is 0.773. The van der Waals surface area contributed by atoms with Gasteiger partial charge in [0.25, 0.3) is 0 Å². The molecule has 0 heterocycles. The second kappa shape index (κ2) is 4.79. The lowest BCUT2D eigenvalue weighted by Crippen LogP contribution is -2.20. The molecule has 0 radical (unpaired) electrons. The molecule has 1 amide bonds. The van der Waals surface area contributed by atoms with E-state index in [9.17, 15) is 4.79 Å². The maximum Gasteiger partial charge on any atom is 0.427 e. The molecule has 4 nitrogen and oxygen atoms in total. The first-order chi connectivity index (χ1) is 7.81. The molecule has 1 N–H and O–H groups in total. The molecule has 1 aromatic carbocycles. The van der Waals surface area contributed by atoms with E-state index >= 15 is 0 Å². The zero-order valence-electron chi connectivity index (χ0n) is 9.19. The van der Waals surface area contributed by atoms with Crippen molar-refractivity contribution in [3.8, 4) is 0 Å². The number of fused-ring (bicyclic) bond motifs is 1. The van der Waals surface area contributed by atoms with Crippen molar-refractivity contribution in [1.29, 1.82) is 0 Å². The highest BCUT2D eigenvalue weighted by Gasteiger charge is 2.16. The number of hydrogen-bond acceptors (Lipinski definition) is 3. The predicted molar refractivity (Wildman–Crippen MR) is 61.5 cm³/mol. The van der Waals surface area contributed by atoms with E-state index in [1.165, 1.54) is 5.56 Å². The maximum absolute atomic E-state index is 11.1. The van der Waals surface area contributed by atoms with Crippen molar-refractivity contribution in [2.45, 2.75) is 19.8 Å². The van der Waals surface area contributed by atoms with Crippen LogP contribution in [0.15, 0.2) is 29.4 Å². The summed E-state index contributed by atoms with van der Waals surface area (Å²) in [6.07, 6.45) is 1.35. The third kappa shape index (κ3) is 2.21. The van der Waals surface area contributed by atoms with Gasteiger partial charge in [0.15, 0.2) is 0 Å². The van der Waals surface area contributed by atoms with Crippen molar-refractivity contribution in [2.24, 2.45) is 5.10 Å². The van der Waals surface area contributed by atoms with Gasteiger partial charge in [-0.15, -0.1) is 0 Å². The summed E-state index contributed by atoms with van der Waals surface area (Å²) in [5.41, 5.74) is 5.72. The number of hydrazone groups is 1. The van der Waals surface area contributed by atoms with E-state index in [0.29, 0.717) is 6.61 Å². The molecule has 0 saturated heterocycles. The molecule has 0 unspecified atom stereocenters. The number of benzene rings is 1. The number of rotatable bonds is 2. The SMILES string of the molecule is CCOC(=O)NN=C1CCc2ccccc21. The van der Waals surface area contributed by atoms with E-state index in [1.807, 2.05) is 18.2 Å². The minimum Gasteiger partial charge on any atom is -0.449 e. The Bertz CT molecular complexity index is 427. The molecule has 4 heteroatoms. The molecule has 1 aromatic rings. The Kier molecular flexibility index (Phi) is 3.19. The maximum atomic E-state index is 11.1. The topological polar surface area (TPSA) is 50.7 Å². The van der Waals surface area contributed by atoms with E-state index in [4.69, 9.17) is 4.74 Å². The summed E-state index contributed by atoms with van der Waals surface area (Å²) in [6, 6.07) is 8.10. The van der Waals surface area contributed by atoms with Crippen molar-refractivity contribution in [3.05, 3.63) is 35.4 Å². The Morgan fingerprint density at radius 1 is 1.44 bits per heavy atom. The Balaban J connectivity index is 2.07. The van der Waals surface area contributed by atoms with Crippen LogP contribution >= 0.6 is 0 Å². The lowest BCUT2D eigenvalue weighted by molar-refractivity contribution is 0.152. The van der Waals surface area contributed by atoms with Crippen LogP contribution in [0.3, 0.4) is 0 Å². The van der Waals surface area contributed by atoms with Crippen LogP contribution in [0.1, 0.15) is 24.5 Å². The standard InChI is InChI=1S/C12H14N2O2/c1-2-16-12(15)14-13-11-8-7-9-5-3-4-6-10(9)11/h3-6H,2,7-8H2,1H3,(H,14,15). The van der Waals surface area contributed by atoms with Crippen molar-refractivity contribution < 1.29 is 9.53 Å². The summed E-state index contributed by atoms with van der Waals surface area (Å²) < 4.78 is 4.73. The molecule has 0 aromatic heterocycles. The van der Waals surface area contributed by atoms with Gasteiger partial charge in [-0.2, -0.15) is 5.10 Å². The molecule has 1 aliphatic carbocycles. The van der Waals surface area contributed by atoms with Crippen molar-refractivity contribution >= 4 is 11.8 Å². The highest BCUT2D eigenvalue weighted by atomic mass is 16.5. The number of nitrogens with one attached hydrogen (secondary N) is 1. The highest BCUT2D eigenvalue weighted by molar-refractivity contribution is 6.04. The second-order valence-corrected chi connectivity index (χ2v) is 3.55. The normalized spacial score (nSPS) is 15.9. The lowest BCUT2D eigenvalue weighted by atomic mass is 10.1. The fourth-order valence-electron chi connectivity index (χ4n) is 1.80. The van der Waals surface area contributed by atoms with Crippen LogP contribution in [-0.2, 0) is 11.2 Å². The van der Waals surface area contributed by atoms with E-state index in [0.717, 1.165) is 24.1 Å².